The lowest BCUT2D eigenvalue weighted by atomic mass is 10.0. The Morgan fingerprint density at radius 2 is 2.00 bits per heavy atom. The van der Waals surface area contributed by atoms with Gasteiger partial charge in [-0.15, -0.1) is 0 Å². The third kappa shape index (κ3) is 3.11. The Hall–Kier alpha value is -2.99. The third-order valence-corrected chi connectivity index (χ3v) is 5.00. The highest BCUT2D eigenvalue weighted by Crippen LogP contribution is 2.20. The number of aryl methyl sites for hydroxylation is 2. The molecule has 4 aromatic rings. The van der Waals surface area contributed by atoms with E-state index in [9.17, 15) is 4.79 Å². The van der Waals surface area contributed by atoms with E-state index < -0.39 is 0 Å². The molecule has 0 amide bonds. The van der Waals surface area contributed by atoms with E-state index in [0.29, 0.717) is 0 Å². The number of ether oxygens (including phenoxy) is 1. The number of hydrogen-bond acceptors (Lipinski definition) is 5. The zero-order chi connectivity index (χ0) is 18.1. The van der Waals surface area contributed by atoms with Crippen molar-refractivity contribution in [3.05, 3.63) is 70.5 Å². The molecule has 4 rings (SSSR count). The van der Waals surface area contributed by atoms with Crippen LogP contribution < -0.4 is 0 Å². The van der Waals surface area contributed by atoms with Gasteiger partial charge >= 0.3 is 5.97 Å². The van der Waals surface area contributed by atoms with Crippen LogP contribution in [0.5, 0.6) is 0 Å². The van der Waals surface area contributed by atoms with Crippen molar-refractivity contribution in [2.75, 3.05) is 0 Å². The molecule has 0 aliphatic heterocycles. The quantitative estimate of drug-likeness (QED) is 0.400. The maximum Gasteiger partial charge on any atom is 0.331 e. The summed E-state index contributed by atoms with van der Waals surface area (Å²) >= 11 is 1.52. The highest BCUT2D eigenvalue weighted by molar-refractivity contribution is 7.16. The van der Waals surface area contributed by atoms with Crippen LogP contribution in [0, 0.1) is 13.8 Å². The topological polar surface area (TPSA) is 56.5 Å². The molecular formula is C20H17N3O2S. The zero-order valence-electron chi connectivity index (χ0n) is 14.5. The maximum absolute atomic E-state index is 12.1. The monoisotopic (exact) mass is 363 g/mol. The van der Waals surface area contributed by atoms with Crippen LogP contribution in [0.25, 0.3) is 21.8 Å². The first kappa shape index (κ1) is 16.5. The molecule has 0 radical (unpaired) electrons. The number of carbonyl (C=O) groups excluding carboxylic acids is 1. The van der Waals surface area contributed by atoms with Crippen LogP contribution in [0.3, 0.4) is 0 Å². The fourth-order valence-electron chi connectivity index (χ4n) is 2.89. The highest BCUT2D eigenvalue weighted by atomic mass is 32.1. The smallest absolute Gasteiger partial charge is 0.331 e. The third-order valence-electron chi connectivity index (χ3n) is 4.17. The summed E-state index contributed by atoms with van der Waals surface area (Å²) in [7, 11) is 0. The molecule has 0 fully saturated rings. The Morgan fingerprint density at radius 1 is 1.19 bits per heavy atom. The van der Waals surface area contributed by atoms with Gasteiger partial charge in [-0.05, 0) is 36.3 Å². The zero-order valence-corrected chi connectivity index (χ0v) is 15.3. The fraction of sp³-hybridized carbons (Fsp3) is 0.150. The molecule has 0 bridgehead atoms. The summed E-state index contributed by atoms with van der Waals surface area (Å²) in [5.74, 6) is -0.390. The van der Waals surface area contributed by atoms with E-state index >= 15 is 0 Å². The van der Waals surface area contributed by atoms with E-state index in [4.69, 9.17) is 4.74 Å². The molecule has 0 saturated carbocycles. The maximum atomic E-state index is 12.1. The molecule has 0 atom stereocenters. The second kappa shape index (κ2) is 6.72. The van der Waals surface area contributed by atoms with Crippen LogP contribution in [-0.4, -0.2) is 20.6 Å². The molecule has 0 aliphatic carbocycles. The molecule has 0 spiro atoms. The van der Waals surface area contributed by atoms with Crippen molar-refractivity contribution in [2.24, 2.45) is 0 Å². The van der Waals surface area contributed by atoms with Gasteiger partial charge in [0.1, 0.15) is 17.3 Å². The number of esters is 1. The molecule has 0 saturated heterocycles. The molecule has 6 heteroatoms. The summed E-state index contributed by atoms with van der Waals surface area (Å²) in [5, 5.41) is 7.57. The van der Waals surface area contributed by atoms with Crippen molar-refractivity contribution in [1.82, 2.24) is 14.6 Å². The van der Waals surface area contributed by atoms with Crippen LogP contribution >= 0.6 is 11.3 Å². The number of aromatic nitrogens is 3. The summed E-state index contributed by atoms with van der Waals surface area (Å²) in [4.78, 5) is 17.4. The van der Waals surface area contributed by atoms with Gasteiger partial charge in [-0.25, -0.2) is 14.3 Å². The van der Waals surface area contributed by atoms with E-state index in [1.165, 1.54) is 17.4 Å². The molecule has 0 aliphatic rings. The summed E-state index contributed by atoms with van der Waals surface area (Å²) in [6.07, 6.45) is 3.25. The first-order chi connectivity index (χ1) is 12.6. The van der Waals surface area contributed by atoms with Crippen LogP contribution in [0.15, 0.2) is 48.5 Å². The number of carbonyl (C=O) groups is 1. The summed E-state index contributed by atoms with van der Waals surface area (Å²) in [6.45, 7) is 3.97. The Morgan fingerprint density at radius 3 is 2.88 bits per heavy atom. The van der Waals surface area contributed by atoms with Gasteiger partial charge < -0.3 is 4.74 Å². The molecule has 2 heterocycles. The Labute approximate surface area is 154 Å². The van der Waals surface area contributed by atoms with Gasteiger partial charge in [0.15, 0.2) is 0 Å². The Kier molecular flexibility index (Phi) is 4.26. The number of nitrogens with zero attached hydrogens (tertiary/aromatic N) is 3. The van der Waals surface area contributed by atoms with Crippen LogP contribution in [-0.2, 0) is 16.1 Å². The highest BCUT2D eigenvalue weighted by Gasteiger charge is 2.13. The number of benzene rings is 2. The van der Waals surface area contributed by atoms with Crippen molar-refractivity contribution in [3.63, 3.8) is 0 Å². The average molecular weight is 363 g/mol. The van der Waals surface area contributed by atoms with Gasteiger partial charge in [0.25, 0.3) is 0 Å². The minimum absolute atomic E-state index is 0.148. The van der Waals surface area contributed by atoms with Crippen molar-refractivity contribution < 1.29 is 9.53 Å². The molecule has 0 N–H and O–H groups in total. The van der Waals surface area contributed by atoms with Gasteiger partial charge in [0, 0.05) is 6.08 Å². The van der Waals surface area contributed by atoms with E-state index in [1.54, 1.807) is 10.6 Å². The predicted octanol–water partition coefficient (Wildman–Crippen LogP) is 4.32. The number of fused-ring (bicyclic) bond motifs is 2. The molecule has 130 valence electrons. The van der Waals surface area contributed by atoms with Gasteiger partial charge in [-0.1, -0.05) is 53.8 Å². The van der Waals surface area contributed by atoms with Crippen LogP contribution in [0.1, 0.15) is 22.0 Å². The molecule has 5 nitrogen and oxygen atoms in total. The van der Waals surface area contributed by atoms with Crippen molar-refractivity contribution in [3.8, 4) is 0 Å². The average Bonchev–Trinajstić information content (AvgIpc) is 3.12. The lowest BCUT2D eigenvalue weighted by Crippen LogP contribution is -2.05. The fourth-order valence-corrected chi connectivity index (χ4v) is 3.70. The Bertz CT molecular complexity index is 1140. The van der Waals surface area contributed by atoms with E-state index in [1.807, 2.05) is 44.2 Å². The standard InChI is InChI=1S/C20H17N3O2S/c1-13-18(23-20(21-13)26-14(2)22-23)12-25-19(24)11-10-16-8-5-7-15-6-3-4-9-17(15)16/h3-11H,12H2,1-2H3/b11-10+. The largest absolute Gasteiger partial charge is 0.456 e. The normalized spacial score (nSPS) is 11.6. The summed E-state index contributed by atoms with van der Waals surface area (Å²) in [6, 6.07) is 14.1. The van der Waals surface area contributed by atoms with Gasteiger partial charge in [-0.3, -0.25) is 0 Å². The number of hydrogen-bond donors (Lipinski definition) is 0. The molecule has 2 aromatic heterocycles. The summed E-state index contributed by atoms with van der Waals surface area (Å²) < 4.78 is 7.14. The van der Waals surface area contributed by atoms with Crippen molar-refractivity contribution in [1.29, 1.82) is 0 Å². The minimum Gasteiger partial charge on any atom is -0.456 e. The van der Waals surface area contributed by atoms with Gasteiger partial charge in [0.05, 0.1) is 5.69 Å². The van der Waals surface area contributed by atoms with Crippen molar-refractivity contribution in [2.45, 2.75) is 20.5 Å². The van der Waals surface area contributed by atoms with E-state index in [0.717, 1.165) is 37.7 Å². The lowest BCUT2D eigenvalue weighted by Gasteiger charge is -2.03. The SMILES string of the molecule is Cc1nn2c(COC(=O)/C=C/c3cccc4ccccc34)c(C)nc2s1. The second-order valence-electron chi connectivity index (χ2n) is 5.97. The van der Waals surface area contributed by atoms with Crippen LogP contribution in [0.4, 0.5) is 0 Å². The molecule has 26 heavy (non-hydrogen) atoms. The number of imidazole rings is 1. The predicted molar refractivity (Wildman–Crippen MR) is 103 cm³/mol. The molecular weight excluding hydrogens is 346 g/mol. The molecule has 0 unspecified atom stereocenters. The minimum atomic E-state index is -0.390. The van der Waals surface area contributed by atoms with Crippen LogP contribution in [0.2, 0.25) is 0 Å². The van der Waals surface area contributed by atoms with Gasteiger partial charge in [-0.2, -0.15) is 5.10 Å². The number of rotatable bonds is 4. The van der Waals surface area contributed by atoms with E-state index in [2.05, 4.69) is 22.2 Å². The summed E-state index contributed by atoms with van der Waals surface area (Å²) in [5.41, 5.74) is 2.61. The first-order valence-corrected chi connectivity index (χ1v) is 9.08. The Balaban J connectivity index is 1.50. The first-order valence-electron chi connectivity index (χ1n) is 8.26. The molecule has 2 aromatic carbocycles. The van der Waals surface area contributed by atoms with Gasteiger partial charge in [0.2, 0.25) is 4.96 Å². The van der Waals surface area contributed by atoms with E-state index in [-0.39, 0.29) is 12.6 Å². The van der Waals surface area contributed by atoms with Crippen molar-refractivity contribution >= 4 is 39.1 Å². The lowest BCUT2D eigenvalue weighted by molar-refractivity contribution is -0.139. The second-order valence-corrected chi connectivity index (χ2v) is 7.13.